The van der Waals surface area contributed by atoms with Crippen LogP contribution in [-0.2, 0) is 0 Å². The van der Waals surface area contributed by atoms with Gasteiger partial charge in [-0.15, -0.1) is 0 Å². The molecule has 0 aromatic heterocycles. The Bertz CT molecular complexity index is 301. The topological polar surface area (TPSA) is 49.6 Å². The van der Waals surface area contributed by atoms with Gasteiger partial charge in [0.2, 0.25) is 0 Å². The third-order valence-electron chi connectivity index (χ3n) is 3.23. The van der Waals surface area contributed by atoms with E-state index in [2.05, 4.69) is 0 Å². The molecule has 0 atom stereocenters. The van der Waals surface area contributed by atoms with Crippen LogP contribution in [0.5, 0.6) is 0 Å². The van der Waals surface area contributed by atoms with Gasteiger partial charge in [-0.25, -0.2) is 4.79 Å². The average Bonchev–Trinajstić information content (AvgIpc) is 2.81. The van der Waals surface area contributed by atoms with Crippen molar-refractivity contribution in [2.45, 2.75) is 24.6 Å². The molecule has 1 aliphatic carbocycles. The van der Waals surface area contributed by atoms with E-state index in [9.17, 15) is 18.0 Å². The van der Waals surface area contributed by atoms with Crippen molar-refractivity contribution < 1.29 is 18.0 Å². The van der Waals surface area contributed by atoms with Crippen molar-refractivity contribution >= 4 is 6.03 Å². The second kappa shape index (κ2) is 3.51. The zero-order valence-corrected chi connectivity index (χ0v) is 8.76. The summed E-state index contributed by atoms with van der Waals surface area (Å²) in [5.41, 5.74) is 4.79. The molecule has 2 N–H and O–H groups in total. The molecule has 2 aliphatic rings. The summed E-state index contributed by atoms with van der Waals surface area (Å²) in [6.07, 6.45) is -2.67. The molecule has 1 spiro atoms. The predicted molar refractivity (Wildman–Crippen MR) is 50.7 cm³/mol. The number of hydrogen-bond donors (Lipinski definition) is 1. The number of rotatable bonds is 1. The van der Waals surface area contributed by atoms with Gasteiger partial charge >= 0.3 is 12.2 Å². The first kappa shape index (κ1) is 11.5. The van der Waals surface area contributed by atoms with Gasteiger partial charge in [0.05, 0.1) is 12.1 Å². The van der Waals surface area contributed by atoms with Gasteiger partial charge in [-0.2, -0.15) is 13.2 Å². The van der Waals surface area contributed by atoms with Crippen LogP contribution < -0.4 is 5.73 Å². The number of urea groups is 1. The highest BCUT2D eigenvalue weighted by molar-refractivity contribution is 5.73. The van der Waals surface area contributed by atoms with Crippen LogP contribution in [0.1, 0.15) is 12.8 Å². The van der Waals surface area contributed by atoms with Crippen LogP contribution in [0.4, 0.5) is 18.0 Å². The summed E-state index contributed by atoms with van der Waals surface area (Å²) in [5, 5.41) is 0. The first-order valence-electron chi connectivity index (χ1n) is 5.19. The molecule has 2 fully saturated rings. The standard InChI is InChI=1S/C9H14F3N3O/c10-9(11,12)6-14-3-4-15(7(13)16)8(5-14)1-2-8/h1-6H2,(H2,13,16). The summed E-state index contributed by atoms with van der Waals surface area (Å²) in [4.78, 5) is 14.0. The minimum Gasteiger partial charge on any atom is -0.351 e. The van der Waals surface area contributed by atoms with Crippen LogP contribution in [0.3, 0.4) is 0 Å². The van der Waals surface area contributed by atoms with E-state index < -0.39 is 24.3 Å². The fourth-order valence-corrected chi connectivity index (χ4v) is 2.36. The van der Waals surface area contributed by atoms with Crippen molar-refractivity contribution in [1.82, 2.24) is 9.80 Å². The summed E-state index contributed by atoms with van der Waals surface area (Å²) < 4.78 is 36.7. The minimum absolute atomic E-state index is 0.240. The van der Waals surface area contributed by atoms with Gasteiger partial charge in [-0.3, -0.25) is 4.90 Å². The molecule has 92 valence electrons. The second-order valence-electron chi connectivity index (χ2n) is 4.54. The molecular formula is C9H14F3N3O. The lowest BCUT2D eigenvalue weighted by Gasteiger charge is -2.41. The lowest BCUT2D eigenvalue weighted by molar-refractivity contribution is -0.151. The molecule has 4 nitrogen and oxygen atoms in total. The predicted octanol–water partition coefficient (Wildman–Crippen LogP) is 0.778. The van der Waals surface area contributed by atoms with Gasteiger partial charge in [-0.1, -0.05) is 0 Å². The number of piperazine rings is 1. The lowest BCUT2D eigenvalue weighted by atomic mass is 10.1. The van der Waals surface area contributed by atoms with Crippen LogP contribution in [0.25, 0.3) is 0 Å². The Morgan fingerprint density at radius 1 is 1.31 bits per heavy atom. The maximum absolute atomic E-state index is 12.2. The molecule has 1 saturated heterocycles. The van der Waals surface area contributed by atoms with E-state index in [4.69, 9.17) is 5.73 Å². The molecule has 0 aromatic carbocycles. The Morgan fingerprint density at radius 2 is 1.94 bits per heavy atom. The number of primary amides is 1. The van der Waals surface area contributed by atoms with E-state index in [-0.39, 0.29) is 13.1 Å². The summed E-state index contributed by atoms with van der Waals surface area (Å²) in [6, 6.07) is -0.524. The van der Waals surface area contributed by atoms with E-state index in [1.807, 2.05) is 0 Å². The number of alkyl halides is 3. The van der Waals surface area contributed by atoms with E-state index >= 15 is 0 Å². The first-order valence-corrected chi connectivity index (χ1v) is 5.19. The van der Waals surface area contributed by atoms with Gasteiger partial charge in [-0.05, 0) is 12.8 Å². The summed E-state index contributed by atoms with van der Waals surface area (Å²) in [7, 11) is 0. The number of carbonyl (C=O) groups is 1. The van der Waals surface area contributed by atoms with Crippen LogP contribution in [0.15, 0.2) is 0 Å². The molecule has 1 heterocycles. The quantitative estimate of drug-likeness (QED) is 0.732. The van der Waals surface area contributed by atoms with Gasteiger partial charge in [0, 0.05) is 19.6 Å². The van der Waals surface area contributed by atoms with Crippen molar-refractivity contribution in [3.8, 4) is 0 Å². The number of carbonyl (C=O) groups excluding carboxylic acids is 1. The zero-order valence-electron chi connectivity index (χ0n) is 8.76. The fraction of sp³-hybridized carbons (Fsp3) is 0.889. The third kappa shape index (κ3) is 2.23. The first-order chi connectivity index (χ1) is 7.32. The Labute approximate surface area is 91.2 Å². The number of nitrogens with zero attached hydrogens (tertiary/aromatic N) is 2. The molecule has 2 amide bonds. The fourth-order valence-electron chi connectivity index (χ4n) is 2.36. The van der Waals surface area contributed by atoms with Crippen molar-refractivity contribution in [1.29, 1.82) is 0 Å². The van der Waals surface area contributed by atoms with Crippen molar-refractivity contribution in [2.24, 2.45) is 5.73 Å². The minimum atomic E-state index is -4.18. The van der Waals surface area contributed by atoms with Crippen molar-refractivity contribution in [3.63, 3.8) is 0 Å². The number of amides is 2. The normalized spacial score (nSPS) is 24.8. The smallest absolute Gasteiger partial charge is 0.351 e. The largest absolute Gasteiger partial charge is 0.401 e. The average molecular weight is 237 g/mol. The number of hydrogen-bond acceptors (Lipinski definition) is 2. The lowest BCUT2D eigenvalue weighted by Crippen LogP contribution is -2.59. The molecule has 0 aromatic rings. The van der Waals surface area contributed by atoms with E-state index in [0.29, 0.717) is 6.54 Å². The second-order valence-corrected chi connectivity index (χ2v) is 4.54. The Hall–Kier alpha value is -0.980. The molecule has 16 heavy (non-hydrogen) atoms. The van der Waals surface area contributed by atoms with Crippen molar-refractivity contribution in [3.05, 3.63) is 0 Å². The Kier molecular flexibility index (Phi) is 2.52. The molecule has 7 heteroatoms. The van der Waals surface area contributed by atoms with E-state index in [1.165, 1.54) is 9.80 Å². The number of nitrogens with two attached hydrogens (primary N) is 1. The molecule has 1 aliphatic heterocycles. The van der Waals surface area contributed by atoms with Crippen LogP contribution in [-0.4, -0.2) is 53.7 Å². The third-order valence-corrected chi connectivity index (χ3v) is 3.23. The van der Waals surface area contributed by atoms with Gasteiger partial charge < -0.3 is 10.6 Å². The molecule has 2 rings (SSSR count). The van der Waals surface area contributed by atoms with Gasteiger partial charge in [0.1, 0.15) is 0 Å². The van der Waals surface area contributed by atoms with E-state index in [0.717, 1.165) is 12.8 Å². The Balaban J connectivity index is 1.98. The van der Waals surface area contributed by atoms with Gasteiger partial charge in [0.25, 0.3) is 0 Å². The Morgan fingerprint density at radius 3 is 2.38 bits per heavy atom. The molecular weight excluding hydrogens is 223 g/mol. The highest BCUT2D eigenvalue weighted by Crippen LogP contribution is 2.44. The van der Waals surface area contributed by atoms with Crippen LogP contribution >= 0.6 is 0 Å². The SMILES string of the molecule is NC(=O)N1CCN(CC(F)(F)F)CC12CC2. The van der Waals surface area contributed by atoms with E-state index in [1.54, 1.807) is 0 Å². The zero-order chi connectivity index (χ0) is 12.0. The molecule has 0 unspecified atom stereocenters. The molecule has 1 saturated carbocycles. The van der Waals surface area contributed by atoms with Gasteiger partial charge in [0.15, 0.2) is 0 Å². The summed E-state index contributed by atoms with van der Waals surface area (Å²) in [5.74, 6) is 0. The number of halogens is 3. The molecule has 0 bridgehead atoms. The maximum atomic E-state index is 12.2. The highest BCUT2D eigenvalue weighted by Gasteiger charge is 2.53. The summed E-state index contributed by atoms with van der Waals surface area (Å²) in [6.45, 7) is -0.0770. The monoisotopic (exact) mass is 237 g/mol. The van der Waals surface area contributed by atoms with Crippen LogP contribution in [0.2, 0.25) is 0 Å². The van der Waals surface area contributed by atoms with Crippen LogP contribution in [0, 0.1) is 0 Å². The van der Waals surface area contributed by atoms with Crippen molar-refractivity contribution in [2.75, 3.05) is 26.2 Å². The molecule has 0 radical (unpaired) electrons. The maximum Gasteiger partial charge on any atom is 0.401 e. The summed E-state index contributed by atoms with van der Waals surface area (Å²) >= 11 is 0. The highest BCUT2D eigenvalue weighted by atomic mass is 19.4.